The van der Waals surface area contributed by atoms with Gasteiger partial charge in [-0.1, -0.05) is 65.0 Å². The Hall–Kier alpha value is -1.15. The van der Waals surface area contributed by atoms with Gasteiger partial charge in [-0.15, -0.1) is 0 Å². The minimum absolute atomic E-state index is 0.0676. The zero-order valence-electron chi connectivity index (χ0n) is 17.7. The van der Waals surface area contributed by atoms with Crippen molar-refractivity contribution >= 4 is 5.78 Å². The predicted octanol–water partition coefficient (Wildman–Crippen LogP) is 5.48. The fourth-order valence-electron chi connectivity index (χ4n) is 7.92. The Bertz CT molecular complexity index is 745. The summed E-state index contributed by atoms with van der Waals surface area (Å²) in [7, 11) is 0. The molecule has 2 heteroatoms. The van der Waals surface area contributed by atoms with Gasteiger partial charge in [0.05, 0.1) is 6.10 Å². The molecule has 0 aromatic heterocycles. The number of Topliss-reactive ketones (excluding diaryl/α,β-unsaturated/α-hetero) is 1. The van der Waals surface area contributed by atoms with Crippen molar-refractivity contribution in [3.05, 3.63) is 36.0 Å². The van der Waals surface area contributed by atoms with E-state index in [0.29, 0.717) is 30.0 Å². The van der Waals surface area contributed by atoms with E-state index in [9.17, 15) is 9.90 Å². The summed E-state index contributed by atoms with van der Waals surface area (Å²) in [6.45, 7) is 15.2. The molecule has 3 saturated carbocycles. The van der Waals surface area contributed by atoms with Gasteiger partial charge in [0.25, 0.3) is 0 Å². The Morgan fingerprint density at radius 3 is 2.70 bits per heavy atom. The molecule has 0 aromatic carbocycles. The van der Waals surface area contributed by atoms with Crippen molar-refractivity contribution in [2.24, 2.45) is 39.9 Å². The van der Waals surface area contributed by atoms with Gasteiger partial charge in [0.1, 0.15) is 5.78 Å². The van der Waals surface area contributed by atoms with Gasteiger partial charge in [-0.3, -0.25) is 4.79 Å². The first-order chi connectivity index (χ1) is 12.6. The van der Waals surface area contributed by atoms with Crippen molar-refractivity contribution in [3.8, 4) is 0 Å². The van der Waals surface area contributed by atoms with Crippen LogP contribution < -0.4 is 0 Å². The summed E-state index contributed by atoms with van der Waals surface area (Å²) in [5.74, 6) is 2.05. The Balaban J connectivity index is 1.78. The molecule has 0 amide bonds. The third-order valence-corrected chi connectivity index (χ3v) is 9.66. The molecule has 0 bridgehead atoms. The highest BCUT2D eigenvalue weighted by atomic mass is 16.3. The lowest BCUT2D eigenvalue weighted by Gasteiger charge is -2.60. The molecular weight excluding hydrogens is 332 g/mol. The molecule has 4 rings (SSSR count). The largest absolute Gasteiger partial charge is 0.393 e. The van der Waals surface area contributed by atoms with Crippen LogP contribution in [0.3, 0.4) is 0 Å². The van der Waals surface area contributed by atoms with Crippen molar-refractivity contribution in [1.29, 1.82) is 0 Å². The Labute approximate surface area is 164 Å². The second-order valence-electron chi connectivity index (χ2n) is 10.5. The third-order valence-electron chi connectivity index (χ3n) is 9.66. The highest BCUT2D eigenvalue weighted by molar-refractivity contribution is 5.86. The number of ketones is 1. The molecule has 148 valence electrons. The molecule has 0 radical (unpaired) electrons. The van der Waals surface area contributed by atoms with E-state index < -0.39 is 0 Å². The van der Waals surface area contributed by atoms with Crippen molar-refractivity contribution in [2.75, 3.05) is 0 Å². The standard InChI is InChI=1S/C25H36O2/c1-7-21(27)25(6)16(3)13-19-18-9-8-17-12-15(2)10-11-23(17,4)22(18)20(26)14-24(19,25)5/h10-12,16,18-20,22,26H,2,7-9,13-14H2,1,3-6H3/t16-,18+,19+,20+,22-,23+,24+,25-/m1/s1. The number of fused-ring (bicyclic) bond motifs is 5. The monoisotopic (exact) mass is 368 g/mol. The molecule has 1 N–H and O–H groups in total. The summed E-state index contributed by atoms with van der Waals surface area (Å²) in [5, 5.41) is 11.5. The van der Waals surface area contributed by atoms with Crippen LogP contribution >= 0.6 is 0 Å². The minimum Gasteiger partial charge on any atom is -0.393 e. The summed E-state index contributed by atoms with van der Waals surface area (Å²) in [4.78, 5) is 13.1. The fraction of sp³-hybridized carbons (Fsp3) is 0.720. The zero-order chi connectivity index (χ0) is 19.8. The molecule has 2 nitrogen and oxygen atoms in total. The van der Waals surface area contributed by atoms with Gasteiger partial charge in [-0.05, 0) is 54.4 Å². The normalized spacial score (nSPS) is 51.3. The van der Waals surface area contributed by atoms with Crippen molar-refractivity contribution in [2.45, 2.75) is 72.8 Å². The van der Waals surface area contributed by atoms with Crippen LogP contribution in [-0.4, -0.2) is 17.0 Å². The number of carbonyl (C=O) groups excluding carboxylic acids is 1. The molecule has 27 heavy (non-hydrogen) atoms. The summed E-state index contributed by atoms with van der Waals surface area (Å²) in [6.07, 6.45) is 11.0. The number of rotatable bonds is 2. The summed E-state index contributed by atoms with van der Waals surface area (Å²) >= 11 is 0. The van der Waals surface area contributed by atoms with Crippen LogP contribution in [0.5, 0.6) is 0 Å². The maximum atomic E-state index is 13.1. The first-order valence-electron chi connectivity index (χ1n) is 10.9. The van der Waals surface area contributed by atoms with Gasteiger partial charge >= 0.3 is 0 Å². The van der Waals surface area contributed by atoms with Crippen molar-refractivity contribution < 1.29 is 9.90 Å². The van der Waals surface area contributed by atoms with E-state index in [-0.39, 0.29) is 28.3 Å². The lowest BCUT2D eigenvalue weighted by Crippen LogP contribution is -2.58. The van der Waals surface area contributed by atoms with Crippen LogP contribution in [0.4, 0.5) is 0 Å². The van der Waals surface area contributed by atoms with Crippen molar-refractivity contribution in [3.63, 3.8) is 0 Å². The SMILES string of the molecule is C=C1C=C[C@@]2(C)C(=C1)CC[C@@H]1[C@@H]2[C@@H](O)C[C@@]2(C)[C@H]1C[C@@H](C)[C@]2(C)C(=O)CC. The average Bonchev–Trinajstić information content (AvgIpc) is 2.82. The smallest absolute Gasteiger partial charge is 0.139 e. The van der Waals surface area contributed by atoms with E-state index in [1.54, 1.807) is 0 Å². The average molecular weight is 369 g/mol. The Morgan fingerprint density at radius 2 is 2.04 bits per heavy atom. The van der Waals surface area contributed by atoms with E-state index in [1.165, 1.54) is 5.57 Å². The number of carbonyl (C=O) groups is 1. The van der Waals surface area contributed by atoms with E-state index in [0.717, 1.165) is 31.3 Å². The van der Waals surface area contributed by atoms with E-state index in [1.807, 2.05) is 6.92 Å². The molecule has 4 aliphatic rings. The van der Waals surface area contributed by atoms with E-state index in [2.05, 4.69) is 52.5 Å². The van der Waals surface area contributed by atoms with Crippen LogP contribution in [-0.2, 0) is 4.79 Å². The maximum Gasteiger partial charge on any atom is 0.139 e. The first kappa shape index (κ1) is 19.2. The van der Waals surface area contributed by atoms with Crippen LogP contribution in [0.25, 0.3) is 0 Å². The maximum absolute atomic E-state index is 13.1. The van der Waals surface area contributed by atoms with Gasteiger partial charge in [0, 0.05) is 23.2 Å². The zero-order valence-corrected chi connectivity index (χ0v) is 17.7. The lowest BCUT2D eigenvalue weighted by molar-refractivity contribution is -0.155. The van der Waals surface area contributed by atoms with Crippen LogP contribution in [0.2, 0.25) is 0 Å². The molecule has 0 saturated heterocycles. The summed E-state index contributed by atoms with van der Waals surface area (Å²) in [6, 6.07) is 0. The highest BCUT2D eigenvalue weighted by Gasteiger charge is 2.68. The molecule has 8 atom stereocenters. The van der Waals surface area contributed by atoms with Crippen LogP contribution in [0.15, 0.2) is 36.0 Å². The predicted molar refractivity (Wildman–Crippen MR) is 110 cm³/mol. The number of aliphatic hydroxyl groups excluding tert-OH is 1. The quantitative estimate of drug-likeness (QED) is 0.700. The third kappa shape index (κ3) is 2.26. The second-order valence-corrected chi connectivity index (χ2v) is 10.5. The minimum atomic E-state index is -0.352. The second kappa shape index (κ2) is 5.92. The van der Waals surface area contributed by atoms with E-state index >= 15 is 0 Å². The molecule has 0 heterocycles. The van der Waals surface area contributed by atoms with Gasteiger partial charge in [0.15, 0.2) is 0 Å². The van der Waals surface area contributed by atoms with Crippen LogP contribution in [0, 0.1) is 39.9 Å². The fourth-order valence-corrected chi connectivity index (χ4v) is 7.92. The van der Waals surface area contributed by atoms with Gasteiger partial charge in [0.2, 0.25) is 0 Å². The molecular formula is C25H36O2. The number of aliphatic hydroxyl groups is 1. The Morgan fingerprint density at radius 1 is 1.33 bits per heavy atom. The topological polar surface area (TPSA) is 37.3 Å². The molecule has 0 unspecified atom stereocenters. The number of hydrogen-bond donors (Lipinski definition) is 1. The number of hydrogen-bond acceptors (Lipinski definition) is 2. The van der Waals surface area contributed by atoms with E-state index in [4.69, 9.17) is 0 Å². The lowest BCUT2D eigenvalue weighted by atomic mass is 9.44. The molecule has 4 aliphatic carbocycles. The van der Waals surface area contributed by atoms with Gasteiger partial charge in [-0.25, -0.2) is 0 Å². The van der Waals surface area contributed by atoms with Crippen molar-refractivity contribution in [1.82, 2.24) is 0 Å². The molecule has 0 aliphatic heterocycles. The highest BCUT2D eigenvalue weighted by Crippen LogP contribution is 2.71. The van der Waals surface area contributed by atoms with Gasteiger partial charge < -0.3 is 5.11 Å². The summed E-state index contributed by atoms with van der Waals surface area (Å²) < 4.78 is 0. The first-order valence-corrected chi connectivity index (χ1v) is 10.9. The number of allylic oxidation sites excluding steroid dienone is 5. The molecule has 0 spiro atoms. The Kier molecular flexibility index (Phi) is 4.21. The molecule has 3 fully saturated rings. The van der Waals surface area contributed by atoms with Crippen LogP contribution in [0.1, 0.15) is 66.7 Å². The van der Waals surface area contributed by atoms with Gasteiger partial charge in [-0.2, -0.15) is 0 Å². The molecule has 0 aromatic rings. The summed E-state index contributed by atoms with van der Waals surface area (Å²) in [5.41, 5.74) is 2.04.